The Morgan fingerprint density at radius 3 is 2.77 bits per heavy atom. The first-order chi connectivity index (χ1) is 12.1. The van der Waals surface area contributed by atoms with Gasteiger partial charge >= 0.3 is 6.03 Å². The summed E-state index contributed by atoms with van der Waals surface area (Å²) in [6.45, 7) is 2.16. The summed E-state index contributed by atoms with van der Waals surface area (Å²) in [5.41, 5.74) is 0.533. The molecule has 0 radical (unpaired) electrons. The van der Waals surface area contributed by atoms with Crippen molar-refractivity contribution in [1.82, 2.24) is 15.5 Å². The van der Waals surface area contributed by atoms with Gasteiger partial charge in [-0.05, 0) is 30.7 Å². The van der Waals surface area contributed by atoms with Crippen molar-refractivity contribution in [3.63, 3.8) is 0 Å². The maximum Gasteiger partial charge on any atom is 0.319 e. The third kappa shape index (κ3) is 6.03. The SMILES string of the molecule is Cl.O=C(Nc1ccc(F)cc1)NC1CCN(C(=O)CC2CSCCN2)C1. The van der Waals surface area contributed by atoms with Crippen LogP contribution in [-0.2, 0) is 4.79 Å². The van der Waals surface area contributed by atoms with Gasteiger partial charge in [0.2, 0.25) is 5.91 Å². The second-order valence-corrected chi connectivity index (χ2v) is 7.51. The van der Waals surface area contributed by atoms with E-state index in [2.05, 4.69) is 16.0 Å². The number of rotatable bonds is 4. The number of anilines is 1. The number of carbonyl (C=O) groups is 2. The van der Waals surface area contributed by atoms with E-state index in [1.807, 2.05) is 16.7 Å². The van der Waals surface area contributed by atoms with Crippen LogP contribution in [0, 0.1) is 5.82 Å². The van der Waals surface area contributed by atoms with Gasteiger partial charge in [0, 0.05) is 55.3 Å². The summed E-state index contributed by atoms with van der Waals surface area (Å²) in [5, 5.41) is 8.92. The summed E-state index contributed by atoms with van der Waals surface area (Å²) in [6.07, 6.45) is 1.26. The third-order valence-corrected chi connectivity index (χ3v) is 5.53. The van der Waals surface area contributed by atoms with Gasteiger partial charge in [0.15, 0.2) is 0 Å². The van der Waals surface area contributed by atoms with Gasteiger partial charge in [0.25, 0.3) is 0 Å². The largest absolute Gasteiger partial charge is 0.341 e. The molecule has 3 N–H and O–H groups in total. The predicted octanol–water partition coefficient (Wildman–Crippen LogP) is 2.06. The Hall–Kier alpha value is -1.51. The van der Waals surface area contributed by atoms with Crippen molar-refractivity contribution in [3.8, 4) is 0 Å². The van der Waals surface area contributed by atoms with Crippen LogP contribution in [0.1, 0.15) is 12.8 Å². The zero-order valence-electron chi connectivity index (χ0n) is 14.4. The molecule has 144 valence electrons. The summed E-state index contributed by atoms with van der Waals surface area (Å²) >= 11 is 1.88. The topological polar surface area (TPSA) is 73.5 Å². The molecular weight excluding hydrogens is 379 g/mol. The van der Waals surface area contributed by atoms with Crippen LogP contribution in [0.3, 0.4) is 0 Å². The van der Waals surface area contributed by atoms with Gasteiger partial charge in [-0.3, -0.25) is 4.79 Å². The molecule has 2 aliphatic rings. The molecule has 2 fully saturated rings. The fourth-order valence-corrected chi connectivity index (χ4v) is 4.03. The molecule has 2 saturated heterocycles. The fraction of sp³-hybridized carbons (Fsp3) is 0.529. The van der Waals surface area contributed by atoms with Crippen LogP contribution in [-0.4, -0.2) is 60.1 Å². The number of carbonyl (C=O) groups excluding carboxylic acids is 2. The minimum absolute atomic E-state index is 0. The first-order valence-corrected chi connectivity index (χ1v) is 9.67. The number of nitrogens with zero attached hydrogens (tertiary/aromatic N) is 1. The van der Waals surface area contributed by atoms with Crippen molar-refractivity contribution in [2.24, 2.45) is 0 Å². The summed E-state index contributed by atoms with van der Waals surface area (Å²) in [5.74, 6) is 1.87. The van der Waals surface area contributed by atoms with Crippen LogP contribution in [0.25, 0.3) is 0 Å². The molecule has 1 aromatic rings. The molecule has 2 atom stereocenters. The molecule has 6 nitrogen and oxygen atoms in total. The number of halogens is 2. The fourth-order valence-electron chi connectivity index (χ4n) is 3.08. The Kier molecular flexibility index (Phi) is 7.99. The molecule has 0 spiro atoms. The van der Waals surface area contributed by atoms with E-state index in [0.29, 0.717) is 25.2 Å². The Labute approximate surface area is 163 Å². The lowest BCUT2D eigenvalue weighted by Gasteiger charge is -2.25. The quantitative estimate of drug-likeness (QED) is 0.720. The minimum atomic E-state index is -0.346. The number of urea groups is 1. The lowest BCUT2D eigenvalue weighted by molar-refractivity contribution is -0.130. The normalized spacial score (nSPS) is 22.4. The smallest absolute Gasteiger partial charge is 0.319 e. The molecule has 1 aromatic carbocycles. The highest BCUT2D eigenvalue weighted by atomic mass is 35.5. The van der Waals surface area contributed by atoms with E-state index in [1.165, 1.54) is 24.3 Å². The predicted molar refractivity (Wildman–Crippen MR) is 105 cm³/mol. The Balaban J connectivity index is 0.00000243. The van der Waals surface area contributed by atoms with Crippen LogP contribution in [0.5, 0.6) is 0 Å². The van der Waals surface area contributed by atoms with E-state index in [1.54, 1.807) is 0 Å². The van der Waals surface area contributed by atoms with Gasteiger partial charge in [-0.2, -0.15) is 11.8 Å². The summed E-state index contributed by atoms with van der Waals surface area (Å²) in [7, 11) is 0. The van der Waals surface area contributed by atoms with Crippen molar-refractivity contribution in [3.05, 3.63) is 30.1 Å². The molecule has 0 aromatic heterocycles. The van der Waals surface area contributed by atoms with Gasteiger partial charge < -0.3 is 20.9 Å². The number of thioether (sulfide) groups is 1. The van der Waals surface area contributed by atoms with Crippen molar-refractivity contribution in [2.75, 3.05) is 36.5 Å². The van der Waals surface area contributed by atoms with E-state index in [0.717, 1.165) is 24.5 Å². The zero-order valence-corrected chi connectivity index (χ0v) is 16.0. The summed E-state index contributed by atoms with van der Waals surface area (Å²) < 4.78 is 12.9. The second-order valence-electron chi connectivity index (χ2n) is 6.36. The average molecular weight is 403 g/mol. The Bertz CT molecular complexity index is 613. The van der Waals surface area contributed by atoms with Crippen LogP contribution in [0.4, 0.5) is 14.9 Å². The van der Waals surface area contributed by atoms with Crippen LogP contribution in [0.15, 0.2) is 24.3 Å². The number of likely N-dealkylation sites (tertiary alicyclic amines) is 1. The number of hydrogen-bond acceptors (Lipinski definition) is 4. The molecule has 0 saturated carbocycles. The maximum absolute atomic E-state index is 12.9. The van der Waals surface area contributed by atoms with Crippen LogP contribution in [0.2, 0.25) is 0 Å². The van der Waals surface area contributed by atoms with Crippen molar-refractivity contribution < 1.29 is 14.0 Å². The highest BCUT2D eigenvalue weighted by molar-refractivity contribution is 7.99. The van der Waals surface area contributed by atoms with Gasteiger partial charge in [-0.25, -0.2) is 9.18 Å². The van der Waals surface area contributed by atoms with Gasteiger partial charge in [-0.15, -0.1) is 12.4 Å². The molecule has 3 amide bonds. The number of amides is 3. The van der Waals surface area contributed by atoms with E-state index in [4.69, 9.17) is 0 Å². The average Bonchev–Trinajstić information content (AvgIpc) is 3.06. The lowest BCUT2D eigenvalue weighted by atomic mass is 10.2. The van der Waals surface area contributed by atoms with E-state index in [-0.39, 0.29) is 42.2 Å². The first-order valence-electron chi connectivity index (χ1n) is 8.52. The van der Waals surface area contributed by atoms with Gasteiger partial charge in [0.05, 0.1) is 0 Å². The van der Waals surface area contributed by atoms with E-state index < -0.39 is 0 Å². The molecular formula is C17H24ClFN4O2S. The molecule has 2 unspecified atom stereocenters. The Morgan fingerprint density at radius 2 is 2.08 bits per heavy atom. The first kappa shape index (κ1) is 20.8. The lowest BCUT2D eigenvalue weighted by Crippen LogP contribution is -2.43. The summed E-state index contributed by atoms with van der Waals surface area (Å²) in [4.78, 5) is 26.2. The van der Waals surface area contributed by atoms with Crippen LogP contribution >= 0.6 is 24.2 Å². The molecule has 0 aliphatic carbocycles. The number of benzene rings is 1. The molecule has 0 bridgehead atoms. The second kappa shape index (κ2) is 9.99. The third-order valence-electron chi connectivity index (χ3n) is 4.40. The van der Waals surface area contributed by atoms with E-state index in [9.17, 15) is 14.0 Å². The molecule has 3 rings (SSSR count). The monoisotopic (exact) mass is 402 g/mol. The number of hydrogen-bond donors (Lipinski definition) is 3. The van der Waals surface area contributed by atoms with E-state index >= 15 is 0 Å². The zero-order chi connectivity index (χ0) is 17.6. The molecule has 2 heterocycles. The summed E-state index contributed by atoms with van der Waals surface area (Å²) in [6, 6.07) is 5.46. The minimum Gasteiger partial charge on any atom is -0.341 e. The maximum atomic E-state index is 12.9. The Morgan fingerprint density at radius 1 is 1.31 bits per heavy atom. The standard InChI is InChI=1S/C17H23FN4O2S.ClH/c18-12-1-3-13(4-2-12)20-17(24)21-14-5-7-22(10-14)16(23)9-15-11-25-8-6-19-15;/h1-4,14-15,19H,5-11H2,(H2,20,21,24);1H. The van der Waals surface area contributed by atoms with Crippen molar-refractivity contribution in [1.29, 1.82) is 0 Å². The van der Waals surface area contributed by atoms with Crippen LogP contribution < -0.4 is 16.0 Å². The highest BCUT2D eigenvalue weighted by Gasteiger charge is 2.29. The van der Waals surface area contributed by atoms with Crippen molar-refractivity contribution >= 4 is 41.8 Å². The van der Waals surface area contributed by atoms with Gasteiger partial charge in [-0.1, -0.05) is 0 Å². The molecule has 9 heteroatoms. The van der Waals surface area contributed by atoms with Crippen molar-refractivity contribution in [2.45, 2.75) is 24.9 Å². The molecule has 2 aliphatic heterocycles. The highest BCUT2D eigenvalue weighted by Crippen LogP contribution is 2.15. The number of nitrogens with one attached hydrogen (secondary N) is 3. The van der Waals surface area contributed by atoms with Gasteiger partial charge in [0.1, 0.15) is 5.82 Å². The molecule has 26 heavy (non-hydrogen) atoms.